The number of benzene rings is 1. The lowest BCUT2D eigenvalue weighted by atomic mass is 10.1. The highest BCUT2D eigenvalue weighted by Crippen LogP contribution is 2.43. The lowest BCUT2D eigenvalue weighted by molar-refractivity contribution is 0.623. The van der Waals surface area contributed by atoms with Crippen LogP contribution in [0.1, 0.15) is 24.3 Å². The summed E-state index contributed by atoms with van der Waals surface area (Å²) >= 11 is 3.18. The summed E-state index contributed by atoms with van der Waals surface area (Å²) in [5, 5.41) is 0.959. The van der Waals surface area contributed by atoms with E-state index in [1.165, 1.54) is 18.4 Å². The molecule has 1 aliphatic rings. The van der Waals surface area contributed by atoms with Crippen molar-refractivity contribution in [3.05, 3.63) is 40.2 Å². The van der Waals surface area contributed by atoms with E-state index in [-0.39, 0.29) is 5.82 Å². The lowest BCUT2D eigenvalue weighted by Crippen LogP contribution is -1.88. The zero-order valence-corrected chi connectivity index (χ0v) is 9.59. The van der Waals surface area contributed by atoms with Crippen molar-refractivity contribution in [2.45, 2.75) is 18.8 Å². The topological polar surface area (TPSA) is 12.9 Å². The average molecular weight is 266 g/mol. The SMILES string of the molecule is Fc1cc2c(C3CC3)ccnc2cc1Br. The number of nitrogens with zero attached hydrogens (tertiary/aromatic N) is 1. The second-order valence-electron chi connectivity index (χ2n) is 3.96. The van der Waals surface area contributed by atoms with Crippen molar-refractivity contribution in [2.24, 2.45) is 0 Å². The highest BCUT2D eigenvalue weighted by molar-refractivity contribution is 9.10. The fraction of sp³-hybridized carbons (Fsp3) is 0.250. The van der Waals surface area contributed by atoms with Crippen molar-refractivity contribution in [1.82, 2.24) is 4.98 Å². The Morgan fingerprint density at radius 3 is 2.87 bits per heavy atom. The fourth-order valence-electron chi connectivity index (χ4n) is 1.91. The first-order valence-corrected chi connectivity index (χ1v) is 5.78. The minimum Gasteiger partial charge on any atom is -0.256 e. The van der Waals surface area contributed by atoms with Crippen LogP contribution in [-0.2, 0) is 0 Å². The molecule has 1 aliphatic carbocycles. The van der Waals surface area contributed by atoms with Crippen LogP contribution in [0.15, 0.2) is 28.9 Å². The van der Waals surface area contributed by atoms with Gasteiger partial charge < -0.3 is 0 Å². The summed E-state index contributed by atoms with van der Waals surface area (Å²) in [5.74, 6) is 0.411. The quantitative estimate of drug-likeness (QED) is 0.759. The average Bonchev–Trinajstić information content (AvgIpc) is 3.02. The summed E-state index contributed by atoms with van der Waals surface area (Å²) in [4.78, 5) is 4.26. The molecule has 3 rings (SSSR count). The van der Waals surface area contributed by atoms with Crippen molar-refractivity contribution in [3.8, 4) is 0 Å². The second kappa shape index (κ2) is 3.27. The minimum atomic E-state index is -0.211. The molecule has 0 N–H and O–H groups in total. The number of fused-ring (bicyclic) bond motifs is 1. The first kappa shape index (κ1) is 9.28. The Morgan fingerprint density at radius 2 is 2.13 bits per heavy atom. The minimum absolute atomic E-state index is 0.211. The standard InChI is InChI=1S/C12H9BrFN/c13-10-6-12-9(5-11(10)14)8(3-4-15-12)7-1-2-7/h3-7H,1-2H2. The molecule has 2 aromatic rings. The Kier molecular flexibility index (Phi) is 2.02. The van der Waals surface area contributed by atoms with Gasteiger partial charge in [0.25, 0.3) is 0 Å². The van der Waals surface area contributed by atoms with E-state index in [2.05, 4.69) is 20.9 Å². The van der Waals surface area contributed by atoms with Crippen molar-refractivity contribution < 1.29 is 4.39 Å². The van der Waals surface area contributed by atoms with Crippen molar-refractivity contribution in [1.29, 1.82) is 0 Å². The van der Waals surface area contributed by atoms with Gasteiger partial charge in [-0.2, -0.15) is 0 Å². The number of halogens is 2. The van der Waals surface area contributed by atoms with Crippen LogP contribution in [0.2, 0.25) is 0 Å². The first-order chi connectivity index (χ1) is 7.25. The van der Waals surface area contributed by atoms with E-state index < -0.39 is 0 Å². The summed E-state index contributed by atoms with van der Waals surface area (Å²) in [5.41, 5.74) is 2.11. The van der Waals surface area contributed by atoms with Crippen LogP contribution >= 0.6 is 15.9 Å². The summed E-state index contributed by atoms with van der Waals surface area (Å²) in [7, 11) is 0. The van der Waals surface area contributed by atoms with Gasteiger partial charge in [0.05, 0.1) is 9.99 Å². The van der Waals surface area contributed by atoms with E-state index in [1.54, 1.807) is 18.3 Å². The van der Waals surface area contributed by atoms with E-state index in [9.17, 15) is 4.39 Å². The molecule has 15 heavy (non-hydrogen) atoms. The highest BCUT2D eigenvalue weighted by Gasteiger charge is 2.25. The largest absolute Gasteiger partial charge is 0.256 e. The second-order valence-corrected chi connectivity index (χ2v) is 4.81. The molecule has 1 aromatic heterocycles. The maximum Gasteiger partial charge on any atom is 0.138 e. The molecule has 3 heteroatoms. The Morgan fingerprint density at radius 1 is 1.33 bits per heavy atom. The molecule has 1 aromatic carbocycles. The molecule has 0 amide bonds. The van der Waals surface area contributed by atoms with Gasteiger partial charge in [0, 0.05) is 11.6 Å². The predicted molar refractivity (Wildman–Crippen MR) is 61.4 cm³/mol. The molecule has 76 valence electrons. The summed E-state index contributed by atoms with van der Waals surface area (Å²) in [6.45, 7) is 0. The van der Waals surface area contributed by atoms with E-state index in [0.29, 0.717) is 10.4 Å². The number of aromatic nitrogens is 1. The highest BCUT2D eigenvalue weighted by atomic mass is 79.9. The van der Waals surface area contributed by atoms with E-state index in [0.717, 1.165) is 10.9 Å². The molecule has 0 bridgehead atoms. The van der Waals surface area contributed by atoms with E-state index in [1.807, 2.05) is 6.07 Å². The van der Waals surface area contributed by atoms with Gasteiger partial charge in [0.1, 0.15) is 5.82 Å². The third kappa shape index (κ3) is 1.55. The van der Waals surface area contributed by atoms with Gasteiger partial charge in [-0.05, 0) is 58.5 Å². The maximum atomic E-state index is 13.4. The first-order valence-electron chi connectivity index (χ1n) is 4.99. The maximum absolute atomic E-state index is 13.4. The molecule has 1 nitrogen and oxygen atoms in total. The monoisotopic (exact) mass is 265 g/mol. The molecule has 1 fully saturated rings. The Bertz CT molecular complexity index is 534. The Labute approximate surface area is 95.5 Å². The molecule has 0 unspecified atom stereocenters. The molecular formula is C12H9BrFN. The zero-order chi connectivity index (χ0) is 10.4. The van der Waals surface area contributed by atoms with Crippen LogP contribution in [-0.4, -0.2) is 4.98 Å². The number of hydrogen-bond donors (Lipinski definition) is 0. The fourth-order valence-corrected chi connectivity index (χ4v) is 2.24. The number of pyridine rings is 1. The zero-order valence-electron chi connectivity index (χ0n) is 8.00. The third-order valence-corrected chi connectivity index (χ3v) is 3.44. The Balaban J connectivity index is 2.32. The predicted octanol–water partition coefficient (Wildman–Crippen LogP) is 4.01. The smallest absolute Gasteiger partial charge is 0.138 e. The number of rotatable bonds is 1. The van der Waals surface area contributed by atoms with Gasteiger partial charge in [0.2, 0.25) is 0 Å². The molecule has 0 saturated heterocycles. The summed E-state index contributed by atoms with van der Waals surface area (Å²) in [6, 6.07) is 5.34. The van der Waals surface area contributed by atoms with Crippen LogP contribution in [0.25, 0.3) is 10.9 Å². The molecular weight excluding hydrogens is 257 g/mol. The molecule has 0 atom stereocenters. The van der Waals surface area contributed by atoms with Gasteiger partial charge in [0.15, 0.2) is 0 Å². The van der Waals surface area contributed by atoms with Crippen LogP contribution in [0.5, 0.6) is 0 Å². The van der Waals surface area contributed by atoms with Crippen LogP contribution < -0.4 is 0 Å². The van der Waals surface area contributed by atoms with Gasteiger partial charge in [-0.3, -0.25) is 4.98 Å². The van der Waals surface area contributed by atoms with Gasteiger partial charge in [-0.1, -0.05) is 0 Å². The van der Waals surface area contributed by atoms with Gasteiger partial charge in [-0.25, -0.2) is 4.39 Å². The lowest BCUT2D eigenvalue weighted by Gasteiger charge is -2.05. The van der Waals surface area contributed by atoms with Crippen molar-refractivity contribution >= 4 is 26.8 Å². The summed E-state index contributed by atoms with van der Waals surface area (Å²) < 4.78 is 13.9. The van der Waals surface area contributed by atoms with Crippen molar-refractivity contribution in [3.63, 3.8) is 0 Å². The van der Waals surface area contributed by atoms with Crippen LogP contribution in [0.4, 0.5) is 4.39 Å². The van der Waals surface area contributed by atoms with Crippen LogP contribution in [0, 0.1) is 5.82 Å². The molecule has 0 aliphatic heterocycles. The number of hydrogen-bond acceptors (Lipinski definition) is 1. The normalized spacial score (nSPS) is 15.9. The molecule has 1 saturated carbocycles. The van der Waals surface area contributed by atoms with Crippen LogP contribution in [0.3, 0.4) is 0 Å². The van der Waals surface area contributed by atoms with Crippen molar-refractivity contribution in [2.75, 3.05) is 0 Å². The van der Waals surface area contributed by atoms with E-state index >= 15 is 0 Å². The molecule has 0 radical (unpaired) electrons. The Hall–Kier alpha value is -0.960. The molecule has 0 spiro atoms. The van der Waals surface area contributed by atoms with Gasteiger partial charge in [-0.15, -0.1) is 0 Å². The van der Waals surface area contributed by atoms with E-state index in [4.69, 9.17) is 0 Å². The molecule has 1 heterocycles. The van der Waals surface area contributed by atoms with Gasteiger partial charge >= 0.3 is 0 Å². The summed E-state index contributed by atoms with van der Waals surface area (Å²) in [6.07, 6.45) is 4.24. The third-order valence-electron chi connectivity index (χ3n) is 2.83.